The molecule has 1 atom stereocenters. The van der Waals surface area contributed by atoms with E-state index in [1.807, 2.05) is 14.0 Å². The quantitative estimate of drug-likeness (QED) is 0.808. The summed E-state index contributed by atoms with van der Waals surface area (Å²) in [5.74, 6) is 1.92. The SMILES string of the molecule is Cc1cnc(C2CN(C)CC23CN(S(=O)(=O)c2c(C)noc2C)C3)o1. The van der Waals surface area contributed by atoms with Crippen LogP contribution in [-0.4, -0.2) is 61.0 Å². The Morgan fingerprint density at radius 1 is 1.24 bits per heavy atom. The number of oxazole rings is 1. The van der Waals surface area contributed by atoms with Crippen molar-refractivity contribution in [1.29, 1.82) is 0 Å². The first kappa shape index (κ1) is 16.7. The van der Waals surface area contributed by atoms with Crippen LogP contribution >= 0.6 is 0 Å². The van der Waals surface area contributed by atoms with Gasteiger partial charge in [-0.15, -0.1) is 0 Å². The molecule has 2 aromatic heterocycles. The number of hydrogen-bond acceptors (Lipinski definition) is 7. The second kappa shape index (κ2) is 5.39. The lowest BCUT2D eigenvalue weighted by Crippen LogP contribution is -2.61. The molecule has 25 heavy (non-hydrogen) atoms. The van der Waals surface area contributed by atoms with Gasteiger partial charge in [0, 0.05) is 31.6 Å². The molecule has 4 heterocycles. The molecule has 2 fully saturated rings. The Morgan fingerprint density at radius 2 is 1.96 bits per heavy atom. The van der Waals surface area contributed by atoms with Crippen LogP contribution in [0.25, 0.3) is 0 Å². The molecule has 1 spiro atoms. The molecule has 0 amide bonds. The Kier molecular flexibility index (Phi) is 3.61. The van der Waals surface area contributed by atoms with E-state index in [2.05, 4.69) is 15.0 Å². The van der Waals surface area contributed by atoms with E-state index in [0.29, 0.717) is 30.4 Å². The summed E-state index contributed by atoms with van der Waals surface area (Å²) in [5.41, 5.74) is 0.250. The number of sulfonamides is 1. The highest BCUT2D eigenvalue weighted by Crippen LogP contribution is 2.50. The van der Waals surface area contributed by atoms with E-state index >= 15 is 0 Å². The number of nitrogens with zero attached hydrogens (tertiary/aromatic N) is 4. The van der Waals surface area contributed by atoms with E-state index in [1.54, 1.807) is 20.0 Å². The molecule has 2 aliphatic rings. The van der Waals surface area contributed by atoms with Crippen LogP contribution in [0.3, 0.4) is 0 Å². The van der Waals surface area contributed by atoms with Crippen LogP contribution in [0.1, 0.15) is 29.0 Å². The maximum Gasteiger partial charge on any atom is 0.248 e. The average molecular weight is 366 g/mol. The zero-order valence-electron chi connectivity index (χ0n) is 14.8. The normalized spacial score (nSPS) is 24.1. The van der Waals surface area contributed by atoms with Gasteiger partial charge in [0.05, 0.1) is 12.1 Å². The van der Waals surface area contributed by atoms with Crippen LogP contribution < -0.4 is 0 Å². The summed E-state index contributed by atoms with van der Waals surface area (Å²) < 4.78 is 38.2. The Balaban J connectivity index is 1.61. The van der Waals surface area contributed by atoms with Gasteiger partial charge in [-0.3, -0.25) is 0 Å². The number of aryl methyl sites for hydroxylation is 3. The van der Waals surface area contributed by atoms with Gasteiger partial charge in [0.15, 0.2) is 11.7 Å². The van der Waals surface area contributed by atoms with Crippen LogP contribution in [0, 0.1) is 26.2 Å². The van der Waals surface area contributed by atoms with Crippen molar-refractivity contribution in [2.45, 2.75) is 31.6 Å². The highest BCUT2D eigenvalue weighted by atomic mass is 32.2. The largest absolute Gasteiger partial charge is 0.446 e. The Labute approximate surface area is 146 Å². The average Bonchev–Trinajstić information content (AvgIpc) is 3.15. The maximum absolute atomic E-state index is 13.0. The monoisotopic (exact) mass is 366 g/mol. The van der Waals surface area contributed by atoms with Gasteiger partial charge in [0.25, 0.3) is 0 Å². The third-order valence-electron chi connectivity index (χ3n) is 5.30. The molecular weight excluding hydrogens is 344 g/mol. The molecule has 1 unspecified atom stereocenters. The van der Waals surface area contributed by atoms with Crippen molar-refractivity contribution in [2.24, 2.45) is 5.41 Å². The molecule has 0 bridgehead atoms. The van der Waals surface area contributed by atoms with E-state index in [-0.39, 0.29) is 16.2 Å². The molecule has 4 rings (SSSR count). The number of likely N-dealkylation sites (tertiary alicyclic amines) is 1. The maximum atomic E-state index is 13.0. The van der Waals surface area contributed by atoms with Gasteiger partial charge in [-0.05, 0) is 27.8 Å². The Bertz CT molecular complexity index is 891. The molecule has 2 saturated heterocycles. The van der Waals surface area contributed by atoms with Gasteiger partial charge in [0.2, 0.25) is 10.0 Å². The van der Waals surface area contributed by atoms with E-state index in [0.717, 1.165) is 18.8 Å². The van der Waals surface area contributed by atoms with Crippen molar-refractivity contribution in [2.75, 3.05) is 33.2 Å². The summed E-state index contributed by atoms with van der Waals surface area (Å²) in [6.45, 7) is 7.71. The highest BCUT2D eigenvalue weighted by Gasteiger charge is 2.58. The van der Waals surface area contributed by atoms with Crippen molar-refractivity contribution in [3.63, 3.8) is 0 Å². The fourth-order valence-electron chi connectivity index (χ4n) is 4.21. The zero-order chi connectivity index (χ0) is 18.0. The first-order chi connectivity index (χ1) is 11.7. The summed E-state index contributed by atoms with van der Waals surface area (Å²) >= 11 is 0. The summed E-state index contributed by atoms with van der Waals surface area (Å²) in [7, 11) is -1.55. The first-order valence-electron chi connectivity index (χ1n) is 8.27. The van der Waals surface area contributed by atoms with Gasteiger partial charge in [0.1, 0.15) is 16.3 Å². The van der Waals surface area contributed by atoms with E-state index in [9.17, 15) is 8.42 Å². The van der Waals surface area contributed by atoms with Gasteiger partial charge in [-0.25, -0.2) is 13.4 Å². The molecule has 8 nitrogen and oxygen atoms in total. The number of rotatable bonds is 3. The molecule has 9 heteroatoms. The second-order valence-corrected chi connectivity index (χ2v) is 9.22. The van der Waals surface area contributed by atoms with Crippen molar-refractivity contribution in [3.05, 3.63) is 29.3 Å². The topological polar surface area (TPSA) is 92.7 Å². The van der Waals surface area contributed by atoms with Crippen molar-refractivity contribution in [1.82, 2.24) is 19.3 Å². The van der Waals surface area contributed by atoms with Crippen LogP contribution in [0.4, 0.5) is 0 Å². The van der Waals surface area contributed by atoms with Crippen molar-refractivity contribution < 1.29 is 17.4 Å². The van der Waals surface area contributed by atoms with E-state index in [1.165, 1.54) is 4.31 Å². The number of hydrogen-bond donors (Lipinski definition) is 0. The predicted molar refractivity (Wildman–Crippen MR) is 88.6 cm³/mol. The lowest BCUT2D eigenvalue weighted by Gasteiger charge is -2.49. The number of likely N-dealkylation sites (N-methyl/N-ethyl adjacent to an activating group) is 1. The molecule has 2 aliphatic heterocycles. The minimum atomic E-state index is -3.59. The van der Waals surface area contributed by atoms with Crippen LogP contribution in [-0.2, 0) is 10.0 Å². The van der Waals surface area contributed by atoms with E-state index in [4.69, 9.17) is 8.94 Å². The zero-order valence-corrected chi connectivity index (χ0v) is 15.6. The van der Waals surface area contributed by atoms with Crippen molar-refractivity contribution in [3.8, 4) is 0 Å². The minimum Gasteiger partial charge on any atom is -0.446 e. The standard InChI is InChI=1S/C16H22N4O4S/c1-10-5-17-15(23-10)13-6-19(4)7-16(13)8-20(9-16)25(21,22)14-11(2)18-24-12(14)3/h5,13H,6-9H2,1-4H3. The van der Waals surface area contributed by atoms with Crippen LogP contribution in [0.2, 0.25) is 0 Å². The van der Waals surface area contributed by atoms with Gasteiger partial charge >= 0.3 is 0 Å². The predicted octanol–water partition coefficient (Wildman–Crippen LogP) is 1.31. The lowest BCUT2D eigenvalue weighted by atomic mass is 9.73. The molecule has 0 aromatic carbocycles. The highest BCUT2D eigenvalue weighted by molar-refractivity contribution is 7.89. The summed E-state index contributed by atoms with van der Waals surface area (Å²) in [6.07, 6.45) is 1.72. The Hall–Kier alpha value is -1.71. The Morgan fingerprint density at radius 3 is 2.52 bits per heavy atom. The third-order valence-corrected chi connectivity index (χ3v) is 7.34. The molecule has 136 valence electrons. The fourth-order valence-corrected chi connectivity index (χ4v) is 6.13. The van der Waals surface area contributed by atoms with Gasteiger partial charge < -0.3 is 13.8 Å². The van der Waals surface area contributed by atoms with Crippen LogP contribution in [0.15, 0.2) is 20.0 Å². The van der Waals surface area contributed by atoms with Gasteiger partial charge in [-0.2, -0.15) is 4.31 Å². The van der Waals surface area contributed by atoms with E-state index < -0.39 is 10.0 Å². The minimum absolute atomic E-state index is 0.0994. The van der Waals surface area contributed by atoms with Crippen molar-refractivity contribution >= 4 is 10.0 Å². The first-order valence-corrected chi connectivity index (χ1v) is 9.71. The molecule has 2 aromatic rings. The summed E-state index contributed by atoms with van der Waals surface area (Å²) in [6, 6.07) is 0. The fraction of sp³-hybridized carbons (Fsp3) is 0.625. The molecule has 0 radical (unpaired) electrons. The smallest absolute Gasteiger partial charge is 0.248 e. The van der Waals surface area contributed by atoms with Crippen LogP contribution in [0.5, 0.6) is 0 Å². The summed E-state index contributed by atoms with van der Waals surface area (Å²) in [5, 5.41) is 3.78. The third kappa shape index (κ3) is 2.44. The summed E-state index contributed by atoms with van der Waals surface area (Å²) in [4.78, 5) is 6.79. The van der Waals surface area contributed by atoms with Gasteiger partial charge in [-0.1, -0.05) is 5.16 Å². The molecule has 0 saturated carbocycles. The molecule has 0 aliphatic carbocycles. The second-order valence-electron chi connectivity index (χ2n) is 7.35. The number of aromatic nitrogens is 2. The molecular formula is C16H22N4O4S. The molecule has 0 N–H and O–H groups in total. The lowest BCUT2D eigenvalue weighted by molar-refractivity contribution is 0.0580.